The number of nitrogens with zero attached hydrogens (tertiary/aromatic N) is 5. The number of terminal acetylenes is 1. The minimum Gasteiger partial charge on any atom is -0.369 e. The maximum Gasteiger partial charge on any atom is 0.253 e. The van der Waals surface area contributed by atoms with Crippen molar-refractivity contribution in [1.82, 2.24) is 24.8 Å². The van der Waals surface area contributed by atoms with Crippen molar-refractivity contribution in [3.8, 4) is 12.3 Å². The van der Waals surface area contributed by atoms with E-state index in [9.17, 15) is 4.79 Å². The fourth-order valence-electron chi connectivity index (χ4n) is 4.42. The molecule has 8 heteroatoms. The summed E-state index contributed by atoms with van der Waals surface area (Å²) in [6.45, 7) is 6.28. The summed E-state index contributed by atoms with van der Waals surface area (Å²) in [5.41, 5.74) is 4.37. The molecule has 0 amide bonds. The lowest BCUT2D eigenvalue weighted by molar-refractivity contribution is 0.312. The Kier molecular flexibility index (Phi) is 5.52. The van der Waals surface area contributed by atoms with Crippen LogP contribution >= 0.6 is 0 Å². The zero-order valence-electron chi connectivity index (χ0n) is 18.3. The van der Waals surface area contributed by atoms with E-state index in [4.69, 9.17) is 6.42 Å². The van der Waals surface area contributed by atoms with Crippen LogP contribution in [0.4, 0.5) is 17.3 Å². The lowest BCUT2D eigenvalue weighted by Crippen LogP contribution is -2.45. The van der Waals surface area contributed by atoms with Crippen LogP contribution in [0.2, 0.25) is 0 Å². The second-order valence-electron chi connectivity index (χ2n) is 8.41. The molecule has 2 aliphatic heterocycles. The topological polar surface area (TPSA) is 78.3 Å². The molecule has 0 atom stereocenters. The predicted octanol–water partition coefficient (Wildman–Crippen LogP) is 1.76. The summed E-state index contributed by atoms with van der Waals surface area (Å²) >= 11 is 0. The van der Waals surface area contributed by atoms with Crippen LogP contribution < -0.4 is 21.1 Å². The number of fused-ring (bicyclic) bond motifs is 3. The van der Waals surface area contributed by atoms with Gasteiger partial charge in [0.15, 0.2) is 0 Å². The van der Waals surface area contributed by atoms with E-state index in [-0.39, 0.29) is 5.56 Å². The fraction of sp³-hybridized carbons (Fsp3) is 0.375. The van der Waals surface area contributed by atoms with Crippen molar-refractivity contribution in [1.29, 1.82) is 0 Å². The molecule has 1 aromatic carbocycles. The van der Waals surface area contributed by atoms with Gasteiger partial charge in [-0.2, -0.15) is 4.98 Å². The van der Waals surface area contributed by atoms with Crippen molar-refractivity contribution in [2.45, 2.75) is 19.5 Å². The molecule has 3 aromatic rings. The third kappa shape index (κ3) is 3.93. The molecule has 2 N–H and O–H groups in total. The van der Waals surface area contributed by atoms with Crippen LogP contribution in [0.25, 0.3) is 11.0 Å². The minimum absolute atomic E-state index is 0.136. The molecule has 8 nitrogen and oxygen atoms in total. The van der Waals surface area contributed by atoms with Gasteiger partial charge in [0.2, 0.25) is 5.95 Å². The summed E-state index contributed by atoms with van der Waals surface area (Å²) in [5, 5.41) is 7.58. The summed E-state index contributed by atoms with van der Waals surface area (Å²) in [7, 11) is 2.17. The van der Waals surface area contributed by atoms with Crippen LogP contribution in [0.1, 0.15) is 17.5 Å². The molecule has 0 spiro atoms. The first-order chi connectivity index (χ1) is 15.6. The molecule has 0 aliphatic carbocycles. The normalized spacial score (nSPS) is 17.2. The van der Waals surface area contributed by atoms with Crippen LogP contribution in [0.15, 0.2) is 35.3 Å². The molecular formula is C24H27N7O. The highest BCUT2D eigenvalue weighted by molar-refractivity contribution is 5.82. The van der Waals surface area contributed by atoms with Crippen LogP contribution in [0.3, 0.4) is 0 Å². The average Bonchev–Trinajstić information content (AvgIpc) is 2.81. The number of likely N-dealkylation sites (N-methyl/N-ethyl adjacent to an activating group) is 1. The Hall–Kier alpha value is -3.41. The molecule has 0 unspecified atom stereocenters. The van der Waals surface area contributed by atoms with Crippen LogP contribution in [-0.2, 0) is 13.1 Å². The van der Waals surface area contributed by atoms with Gasteiger partial charge >= 0.3 is 0 Å². The van der Waals surface area contributed by atoms with Gasteiger partial charge in [0.1, 0.15) is 5.65 Å². The van der Waals surface area contributed by atoms with Crippen LogP contribution in [-0.4, -0.2) is 59.2 Å². The lowest BCUT2D eigenvalue weighted by atomic mass is 10.1. The monoisotopic (exact) mass is 429 g/mol. The second kappa shape index (κ2) is 8.61. The number of hydrogen-bond donors (Lipinski definition) is 2. The number of aromatic nitrogens is 3. The molecule has 1 fully saturated rings. The molecule has 2 aromatic heterocycles. The molecule has 164 valence electrons. The highest BCUT2D eigenvalue weighted by atomic mass is 16.1. The minimum atomic E-state index is -0.136. The Labute approximate surface area is 187 Å². The van der Waals surface area contributed by atoms with Crippen molar-refractivity contribution in [2.24, 2.45) is 0 Å². The Morgan fingerprint density at radius 3 is 2.78 bits per heavy atom. The van der Waals surface area contributed by atoms with Crippen LogP contribution in [0, 0.1) is 12.3 Å². The average molecular weight is 430 g/mol. The largest absolute Gasteiger partial charge is 0.369 e. The number of anilines is 3. The molecular weight excluding hydrogens is 402 g/mol. The zero-order chi connectivity index (χ0) is 22.1. The second-order valence-corrected chi connectivity index (χ2v) is 8.41. The van der Waals surface area contributed by atoms with E-state index in [0.29, 0.717) is 29.1 Å². The van der Waals surface area contributed by atoms with Gasteiger partial charge in [0.05, 0.1) is 5.39 Å². The molecule has 5 rings (SSSR count). The van der Waals surface area contributed by atoms with E-state index < -0.39 is 0 Å². The molecule has 32 heavy (non-hydrogen) atoms. The van der Waals surface area contributed by atoms with Crippen molar-refractivity contribution in [3.05, 3.63) is 51.9 Å². The quantitative estimate of drug-likeness (QED) is 0.571. The molecule has 4 bridgehead atoms. The van der Waals surface area contributed by atoms with Crippen molar-refractivity contribution in [2.75, 3.05) is 50.0 Å². The number of aryl methyl sites for hydroxylation is 1. The summed E-state index contributed by atoms with van der Waals surface area (Å²) in [5.74, 6) is 3.04. The smallest absolute Gasteiger partial charge is 0.253 e. The summed E-state index contributed by atoms with van der Waals surface area (Å²) in [6.07, 6.45) is 8.13. The van der Waals surface area contributed by atoms with Gasteiger partial charge in [-0.1, -0.05) is 5.92 Å². The summed E-state index contributed by atoms with van der Waals surface area (Å²) in [4.78, 5) is 26.7. The number of piperazine rings is 1. The predicted molar refractivity (Wildman–Crippen MR) is 127 cm³/mol. The maximum atomic E-state index is 12.7. The van der Waals surface area contributed by atoms with Gasteiger partial charge in [0.25, 0.3) is 5.56 Å². The van der Waals surface area contributed by atoms with E-state index in [1.165, 1.54) is 17.3 Å². The molecule has 0 saturated carbocycles. The van der Waals surface area contributed by atoms with Crippen molar-refractivity contribution >= 4 is 28.4 Å². The van der Waals surface area contributed by atoms with Gasteiger partial charge in [0, 0.05) is 68.5 Å². The highest BCUT2D eigenvalue weighted by Gasteiger charge is 2.18. The Bertz CT molecular complexity index is 1250. The SMILES string of the molecule is C#Cc1cc(=O)n2c3nc(ncc13)Nc1ccc(N3CCN(C)CC3)c(c1)CNCCC2. The first-order valence-electron chi connectivity index (χ1n) is 11.0. The van der Waals surface area contributed by atoms with Gasteiger partial charge in [-0.3, -0.25) is 9.36 Å². The molecule has 0 radical (unpaired) electrons. The van der Waals surface area contributed by atoms with Gasteiger partial charge in [-0.05, 0) is 43.8 Å². The van der Waals surface area contributed by atoms with E-state index >= 15 is 0 Å². The number of nitrogens with one attached hydrogen (secondary N) is 2. The summed E-state index contributed by atoms with van der Waals surface area (Å²) in [6, 6.07) is 7.90. The Balaban J connectivity index is 1.55. The van der Waals surface area contributed by atoms with E-state index in [0.717, 1.165) is 51.4 Å². The van der Waals surface area contributed by atoms with Gasteiger partial charge in [-0.15, -0.1) is 6.42 Å². The summed E-state index contributed by atoms with van der Waals surface area (Å²) < 4.78 is 1.69. The number of pyridine rings is 1. The Morgan fingerprint density at radius 1 is 1.12 bits per heavy atom. The van der Waals surface area contributed by atoms with Gasteiger partial charge < -0.3 is 20.4 Å². The maximum absolute atomic E-state index is 12.7. The standard InChI is InChI=1S/C24H27N7O/c1-3-17-14-22(32)31-8-4-7-25-15-18-13-19(27-24-26-16-20(17)23(31)28-24)5-6-21(18)30-11-9-29(2)10-12-30/h1,5-6,13-14,16,25H,4,7-12,15H2,2H3,(H,26,27,28). The third-order valence-corrected chi connectivity index (χ3v) is 6.23. The van der Waals surface area contributed by atoms with Crippen LogP contribution in [0.5, 0.6) is 0 Å². The van der Waals surface area contributed by atoms with E-state index in [1.807, 2.05) is 0 Å². The first kappa shape index (κ1) is 20.5. The first-order valence-corrected chi connectivity index (χ1v) is 11.0. The van der Waals surface area contributed by atoms with Crippen molar-refractivity contribution in [3.63, 3.8) is 0 Å². The fourth-order valence-corrected chi connectivity index (χ4v) is 4.42. The van der Waals surface area contributed by atoms with Crippen molar-refractivity contribution < 1.29 is 0 Å². The number of hydrogen-bond acceptors (Lipinski definition) is 7. The van der Waals surface area contributed by atoms with E-state index in [1.54, 1.807) is 10.8 Å². The molecule has 1 saturated heterocycles. The zero-order valence-corrected chi connectivity index (χ0v) is 18.3. The van der Waals surface area contributed by atoms with E-state index in [2.05, 4.69) is 61.6 Å². The highest BCUT2D eigenvalue weighted by Crippen LogP contribution is 2.27. The lowest BCUT2D eigenvalue weighted by Gasteiger charge is -2.35. The molecule has 2 aliphatic rings. The number of benzene rings is 1. The molecule has 4 heterocycles. The third-order valence-electron chi connectivity index (χ3n) is 6.23. The van der Waals surface area contributed by atoms with Gasteiger partial charge in [-0.25, -0.2) is 4.98 Å². The Morgan fingerprint density at radius 2 is 1.97 bits per heavy atom. The number of rotatable bonds is 1.